The molecule has 3 atom stereocenters. The van der Waals surface area contributed by atoms with E-state index >= 15 is 0 Å². The minimum atomic E-state index is -0.386. The quantitative estimate of drug-likeness (QED) is 0.670. The molecule has 2 N–H and O–H groups in total. The molecule has 21 heavy (non-hydrogen) atoms. The predicted octanol–water partition coefficient (Wildman–Crippen LogP) is 2.59. The lowest BCUT2D eigenvalue weighted by atomic mass is 9.89. The van der Waals surface area contributed by atoms with Gasteiger partial charge in [-0.15, -0.1) is 0 Å². The van der Waals surface area contributed by atoms with Gasteiger partial charge in [-0.1, -0.05) is 0 Å². The highest BCUT2D eigenvalue weighted by Crippen LogP contribution is 2.39. The van der Waals surface area contributed by atoms with Crippen molar-refractivity contribution in [3.8, 4) is 11.3 Å². The average Bonchev–Trinajstić information content (AvgIpc) is 3.23. The maximum absolute atomic E-state index is 10.7. The highest BCUT2D eigenvalue weighted by molar-refractivity contribution is 5.60. The van der Waals surface area contributed by atoms with Crippen molar-refractivity contribution in [2.24, 2.45) is 0 Å². The van der Waals surface area contributed by atoms with Gasteiger partial charge in [0.15, 0.2) is 0 Å². The lowest BCUT2D eigenvalue weighted by molar-refractivity contribution is -0.384. The molecule has 6 nitrogen and oxygen atoms in total. The number of benzene rings is 1. The highest BCUT2D eigenvalue weighted by atomic mass is 16.6. The molecule has 0 amide bonds. The Kier molecular flexibility index (Phi) is 2.78. The number of nitro groups is 1. The van der Waals surface area contributed by atoms with Crippen molar-refractivity contribution < 1.29 is 4.92 Å². The fourth-order valence-corrected chi connectivity index (χ4v) is 3.56. The van der Waals surface area contributed by atoms with Gasteiger partial charge >= 0.3 is 0 Å². The van der Waals surface area contributed by atoms with Gasteiger partial charge in [0, 0.05) is 35.7 Å². The van der Waals surface area contributed by atoms with E-state index in [1.165, 1.54) is 25.0 Å². The molecule has 2 fully saturated rings. The molecule has 2 aliphatic heterocycles. The van der Waals surface area contributed by atoms with Gasteiger partial charge in [0.2, 0.25) is 0 Å². The van der Waals surface area contributed by atoms with Crippen LogP contribution in [0.15, 0.2) is 30.5 Å². The van der Waals surface area contributed by atoms with E-state index < -0.39 is 0 Å². The van der Waals surface area contributed by atoms with Gasteiger partial charge in [0.25, 0.3) is 5.69 Å². The molecule has 0 spiro atoms. The Hall–Kier alpha value is -2.21. The van der Waals surface area contributed by atoms with E-state index in [2.05, 4.69) is 15.3 Å². The fraction of sp³-hybridized carbons (Fsp3) is 0.400. The van der Waals surface area contributed by atoms with Gasteiger partial charge in [-0.25, -0.2) is 4.98 Å². The van der Waals surface area contributed by atoms with Crippen molar-refractivity contribution in [2.45, 2.75) is 37.3 Å². The Balaban J connectivity index is 1.58. The third kappa shape index (κ3) is 2.12. The van der Waals surface area contributed by atoms with E-state index in [1.807, 2.05) is 6.20 Å². The van der Waals surface area contributed by atoms with Gasteiger partial charge in [0.05, 0.1) is 16.8 Å². The number of rotatable bonds is 3. The molecule has 3 heterocycles. The first-order valence-electron chi connectivity index (χ1n) is 7.26. The minimum absolute atomic E-state index is 0.107. The molecule has 6 heteroatoms. The van der Waals surface area contributed by atoms with E-state index in [0.29, 0.717) is 18.0 Å². The van der Waals surface area contributed by atoms with Gasteiger partial charge in [-0.2, -0.15) is 0 Å². The second-order valence-corrected chi connectivity index (χ2v) is 5.88. The SMILES string of the molecule is O=[N+]([O-])c1ccc(-c2cnc(C3CC4CCC3N4)[nH]2)cc1. The first-order chi connectivity index (χ1) is 10.2. The summed E-state index contributed by atoms with van der Waals surface area (Å²) in [7, 11) is 0. The van der Waals surface area contributed by atoms with Crippen LogP contribution in [0.3, 0.4) is 0 Å². The van der Waals surface area contributed by atoms with Crippen molar-refractivity contribution >= 4 is 5.69 Å². The smallest absolute Gasteiger partial charge is 0.269 e. The van der Waals surface area contributed by atoms with Crippen LogP contribution >= 0.6 is 0 Å². The van der Waals surface area contributed by atoms with Crippen LogP contribution < -0.4 is 5.32 Å². The second kappa shape index (κ2) is 4.66. The summed E-state index contributed by atoms with van der Waals surface area (Å²) in [6, 6.07) is 7.76. The van der Waals surface area contributed by atoms with Crippen LogP contribution in [-0.2, 0) is 0 Å². The Labute approximate surface area is 121 Å². The van der Waals surface area contributed by atoms with Crippen LogP contribution in [-0.4, -0.2) is 27.0 Å². The van der Waals surface area contributed by atoms with E-state index in [0.717, 1.165) is 23.5 Å². The first kappa shape index (κ1) is 12.5. The van der Waals surface area contributed by atoms with Gasteiger partial charge in [-0.05, 0) is 31.4 Å². The zero-order chi connectivity index (χ0) is 14.4. The molecule has 0 radical (unpaired) electrons. The number of hydrogen-bond donors (Lipinski definition) is 2. The van der Waals surface area contributed by atoms with Gasteiger partial charge in [0.1, 0.15) is 5.82 Å². The first-order valence-corrected chi connectivity index (χ1v) is 7.26. The summed E-state index contributed by atoms with van der Waals surface area (Å²) >= 11 is 0. The largest absolute Gasteiger partial charge is 0.342 e. The topological polar surface area (TPSA) is 83.8 Å². The number of hydrogen-bond acceptors (Lipinski definition) is 4. The Bertz CT molecular complexity index is 679. The van der Waals surface area contributed by atoms with Crippen molar-refractivity contribution in [3.05, 3.63) is 46.4 Å². The summed E-state index contributed by atoms with van der Waals surface area (Å²) in [4.78, 5) is 18.2. The number of H-pyrrole nitrogens is 1. The normalized spacial score (nSPS) is 27.1. The zero-order valence-electron chi connectivity index (χ0n) is 11.5. The Morgan fingerprint density at radius 1 is 1.24 bits per heavy atom. The number of non-ortho nitro benzene ring substituents is 1. The minimum Gasteiger partial charge on any atom is -0.342 e. The van der Waals surface area contributed by atoms with Crippen molar-refractivity contribution in [2.75, 3.05) is 0 Å². The number of fused-ring (bicyclic) bond motifs is 2. The molecule has 2 aromatic rings. The third-order valence-electron chi connectivity index (χ3n) is 4.64. The number of aromatic amines is 1. The molecule has 2 saturated heterocycles. The molecule has 1 aromatic carbocycles. The maximum Gasteiger partial charge on any atom is 0.269 e. The highest BCUT2D eigenvalue weighted by Gasteiger charge is 2.41. The van der Waals surface area contributed by atoms with Crippen LogP contribution in [0.2, 0.25) is 0 Å². The zero-order valence-corrected chi connectivity index (χ0v) is 11.5. The summed E-state index contributed by atoms with van der Waals surface area (Å²) in [6.45, 7) is 0. The number of nitrogens with one attached hydrogen (secondary N) is 2. The molecule has 0 aliphatic carbocycles. The summed E-state index contributed by atoms with van der Waals surface area (Å²) < 4.78 is 0. The van der Waals surface area contributed by atoms with Crippen molar-refractivity contribution in [1.29, 1.82) is 0 Å². The molecule has 4 rings (SSSR count). The molecule has 108 valence electrons. The van der Waals surface area contributed by atoms with E-state index in [-0.39, 0.29) is 10.6 Å². The molecule has 2 bridgehead atoms. The van der Waals surface area contributed by atoms with Crippen LogP contribution in [0, 0.1) is 10.1 Å². The maximum atomic E-state index is 10.7. The van der Waals surface area contributed by atoms with Crippen molar-refractivity contribution in [3.63, 3.8) is 0 Å². The van der Waals surface area contributed by atoms with E-state index in [4.69, 9.17) is 0 Å². The van der Waals surface area contributed by atoms with Crippen LogP contribution in [0.5, 0.6) is 0 Å². The molecule has 1 aromatic heterocycles. The third-order valence-corrected chi connectivity index (χ3v) is 4.64. The lowest BCUT2D eigenvalue weighted by Crippen LogP contribution is -2.22. The van der Waals surface area contributed by atoms with Gasteiger partial charge < -0.3 is 10.3 Å². The predicted molar refractivity (Wildman–Crippen MR) is 78.0 cm³/mol. The summed E-state index contributed by atoms with van der Waals surface area (Å²) in [5, 5.41) is 14.3. The molecular weight excluding hydrogens is 268 g/mol. The van der Waals surface area contributed by atoms with E-state index in [9.17, 15) is 10.1 Å². The Morgan fingerprint density at radius 3 is 2.67 bits per heavy atom. The van der Waals surface area contributed by atoms with Crippen LogP contribution in [0.1, 0.15) is 31.0 Å². The Morgan fingerprint density at radius 2 is 2.05 bits per heavy atom. The van der Waals surface area contributed by atoms with Gasteiger partial charge in [-0.3, -0.25) is 10.1 Å². The average molecular weight is 284 g/mol. The summed E-state index contributed by atoms with van der Waals surface area (Å²) in [5.41, 5.74) is 1.95. The number of nitrogens with zero attached hydrogens (tertiary/aromatic N) is 2. The lowest BCUT2D eigenvalue weighted by Gasteiger charge is -2.17. The molecule has 0 saturated carbocycles. The van der Waals surface area contributed by atoms with Crippen molar-refractivity contribution in [1.82, 2.24) is 15.3 Å². The molecule has 2 aliphatic rings. The summed E-state index contributed by atoms with van der Waals surface area (Å²) in [6.07, 6.45) is 5.47. The van der Waals surface area contributed by atoms with Crippen LogP contribution in [0.25, 0.3) is 11.3 Å². The number of nitro benzene ring substituents is 1. The number of imidazole rings is 1. The monoisotopic (exact) mass is 284 g/mol. The number of aromatic nitrogens is 2. The molecular formula is C15H16N4O2. The summed E-state index contributed by atoms with van der Waals surface area (Å²) in [5.74, 6) is 1.50. The standard InChI is InChI=1S/C15H16N4O2/c20-19(21)11-4-1-9(2-5-11)14-8-16-15(18-14)12-7-10-3-6-13(12)17-10/h1-2,4-5,8,10,12-13,17H,3,6-7H2,(H,16,18). The second-order valence-electron chi connectivity index (χ2n) is 5.88. The fourth-order valence-electron chi connectivity index (χ4n) is 3.56. The van der Waals surface area contributed by atoms with E-state index in [1.54, 1.807) is 12.1 Å². The van der Waals surface area contributed by atoms with Crippen LogP contribution in [0.4, 0.5) is 5.69 Å². The molecule has 3 unspecified atom stereocenters.